The van der Waals surface area contributed by atoms with Crippen molar-refractivity contribution in [2.75, 3.05) is 26.2 Å². The normalized spacial score (nSPS) is 27.0. The summed E-state index contributed by atoms with van der Waals surface area (Å²) in [5.41, 5.74) is 0.0360. The number of piperidine rings is 1. The highest BCUT2D eigenvalue weighted by atomic mass is 16.5. The van der Waals surface area contributed by atoms with Crippen molar-refractivity contribution >= 4 is 17.7 Å². The second-order valence-corrected chi connectivity index (χ2v) is 8.80. The van der Waals surface area contributed by atoms with Crippen LogP contribution in [0.4, 0.5) is 0 Å². The van der Waals surface area contributed by atoms with E-state index in [1.54, 1.807) is 4.90 Å². The maximum Gasteiger partial charge on any atom is 0.243 e. The molecule has 2 saturated heterocycles. The number of hydrogen-bond acceptors (Lipinski definition) is 5. The highest BCUT2D eigenvalue weighted by Crippen LogP contribution is 2.59. The number of fused-ring (bicyclic) bond motifs is 1. The molecule has 0 radical (unpaired) electrons. The van der Waals surface area contributed by atoms with Crippen molar-refractivity contribution in [3.63, 3.8) is 0 Å². The van der Waals surface area contributed by atoms with E-state index in [-0.39, 0.29) is 41.8 Å². The van der Waals surface area contributed by atoms with Gasteiger partial charge in [0.05, 0.1) is 19.2 Å². The fourth-order valence-electron chi connectivity index (χ4n) is 4.34. The molecule has 0 spiro atoms. The number of nitrogens with zero attached hydrogens (tertiary/aromatic N) is 1. The van der Waals surface area contributed by atoms with Gasteiger partial charge < -0.3 is 25.6 Å². The molecule has 8 heteroatoms. The summed E-state index contributed by atoms with van der Waals surface area (Å²) in [6.07, 6.45) is 2.48. The molecule has 4 rings (SSSR count). The molecule has 1 saturated carbocycles. The Morgan fingerprint density at radius 2 is 1.97 bits per heavy atom. The quantitative estimate of drug-likeness (QED) is 0.509. The molecule has 3 aliphatic rings. The Morgan fingerprint density at radius 3 is 2.67 bits per heavy atom. The zero-order valence-corrected chi connectivity index (χ0v) is 17.4. The lowest BCUT2D eigenvalue weighted by Crippen LogP contribution is -2.60. The van der Waals surface area contributed by atoms with E-state index in [4.69, 9.17) is 4.74 Å². The van der Waals surface area contributed by atoms with Crippen LogP contribution in [0.15, 0.2) is 30.3 Å². The third kappa shape index (κ3) is 4.59. The maximum atomic E-state index is 12.8. The van der Waals surface area contributed by atoms with E-state index in [0.717, 1.165) is 25.3 Å². The summed E-state index contributed by atoms with van der Waals surface area (Å²) in [5, 5.41) is 8.85. The van der Waals surface area contributed by atoms with Crippen LogP contribution >= 0.6 is 0 Å². The van der Waals surface area contributed by atoms with Gasteiger partial charge in [0.1, 0.15) is 11.8 Å². The Balaban J connectivity index is 1.20. The van der Waals surface area contributed by atoms with E-state index < -0.39 is 6.04 Å². The second-order valence-electron chi connectivity index (χ2n) is 8.80. The van der Waals surface area contributed by atoms with E-state index in [0.29, 0.717) is 25.9 Å². The highest BCUT2D eigenvalue weighted by molar-refractivity contribution is 5.92. The smallest absolute Gasteiger partial charge is 0.243 e. The van der Waals surface area contributed by atoms with E-state index in [9.17, 15) is 14.4 Å². The average molecular weight is 415 g/mol. The predicted octanol–water partition coefficient (Wildman–Crippen LogP) is 0.429. The number of carbonyl (C=O) groups is 3. The van der Waals surface area contributed by atoms with Crippen LogP contribution in [0.5, 0.6) is 5.75 Å². The minimum absolute atomic E-state index is 0.0360. The van der Waals surface area contributed by atoms with Crippen LogP contribution in [-0.4, -0.2) is 67.0 Å². The van der Waals surface area contributed by atoms with Gasteiger partial charge in [-0.3, -0.25) is 14.4 Å². The number of ether oxygens (including phenoxy) is 1. The third-order valence-electron chi connectivity index (χ3n) is 6.35. The monoisotopic (exact) mass is 414 g/mol. The Kier molecular flexibility index (Phi) is 5.94. The molecule has 0 unspecified atom stereocenters. The lowest BCUT2D eigenvalue weighted by atomic mass is 10.0. The number of carbonyl (C=O) groups excluding carboxylic acids is 3. The number of nitrogens with one attached hydrogen (secondary N) is 3. The predicted molar refractivity (Wildman–Crippen MR) is 111 cm³/mol. The largest absolute Gasteiger partial charge is 0.494 e. The van der Waals surface area contributed by atoms with Gasteiger partial charge in [-0.25, -0.2) is 0 Å². The Hall–Kier alpha value is -2.61. The number of likely N-dealkylation sites (tertiary alicyclic amines) is 1. The zero-order chi connectivity index (χ0) is 21.1. The molecule has 2 aliphatic heterocycles. The van der Waals surface area contributed by atoms with Gasteiger partial charge in [-0.1, -0.05) is 25.1 Å². The lowest BCUT2D eigenvalue weighted by molar-refractivity contribution is -0.140. The van der Waals surface area contributed by atoms with Crippen LogP contribution in [0.25, 0.3) is 0 Å². The van der Waals surface area contributed by atoms with Gasteiger partial charge >= 0.3 is 0 Å². The molecule has 3 amide bonds. The van der Waals surface area contributed by atoms with E-state index in [1.165, 1.54) is 0 Å². The number of para-hydroxylation sites is 1. The third-order valence-corrected chi connectivity index (χ3v) is 6.35. The molecule has 0 aromatic heterocycles. The first-order valence-electron chi connectivity index (χ1n) is 10.7. The van der Waals surface area contributed by atoms with E-state index in [1.807, 2.05) is 30.3 Å². The second kappa shape index (κ2) is 8.63. The standard InChI is InChI=1S/C22H30N4O4/c1-22-10-17(21(29)25-15-12-23-13-15)26(18(22)11-22)20(28)14-24-19(27)8-5-9-30-16-6-3-2-4-7-16/h2-4,6-7,15,17-18,23H,5,8-14H2,1H3,(H,24,27)(H,25,29)/t17-,18-,22+/m0/s1. The number of rotatable bonds is 9. The molecule has 1 aromatic carbocycles. The van der Waals surface area contributed by atoms with Gasteiger partial charge in [-0.2, -0.15) is 0 Å². The highest BCUT2D eigenvalue weighted by Gasteiger charge is 2.64. The van der Waals surface area contributed by atoms with Crippen LogP contribution in [-0.2, 0) is 14.4 Å². The summed E-state index contributed by atoms with van der Waals surface area (Å²) < 4.78 is 5.58. The van der Waals surface area contributed by atoms with Crippen LogP contribution in [0.3, 0.4) is 0 Å². The summed E-state index contributed by atoms with van der Waals surface area (Å²) in [6.45, 7) is 4.05. The topological polar surface area (TPSA) is 99.8 Å². The van der Waals surface area contributed by atoms with Crippen molar-refractivity contribution in [1.29, 1.82) is 0 Å². The van der Waals surface area contributed by atoms with Crippen molar-refractivity contribution in [1.82, 2.24) is 20.9 Å². The first kappa shape index (κ1) is 20.7. The Morgan fingerprint density at radius 1 is 1.20 bits per heavy atom. The van der Waals surface area contributed by atoms with Gasteiger partial charge in [-0.15, -0.1) is 0 Å². The minimum Gasteiger partial charge on any atom is -0.494 e. The fourth-order valence-corrected chi connectivity index (χ4v) is 4.34. The van der Waals surface area contributed by atoms with Crippen LogP contribution in [0.2, 0.25) is 0 Å². The van der Waals surface area contributed by atoms with E-state index in [2.05, 4.69) is 22.9 Å². The molecule has 0 bridgehead atoms. The molecule has 1 aliphatic carbocycles. The first-order valence-corrected chi connectivity index (χ1v) is 10.7. The Bertz CT molecular complexity index is 798. The van der Waals surface area contributed by atoms with Crippen molar-refractivity contribution in [2.45, 2.75) is 50.7 Å². The average Bonchev–Trinajstić information content (AvgIpc) is 3.27. The van der Waals surface area contributed by atoms with Crippen molar-refractivity contribution < 1.29 is 19.1 Å². The van der Waals surface area contributed by atoms with Crippen LogP contribution < -0.4 is 20.7 Å². The molecule has 2 heterocycles. The molecular formula is C22H30N4O4. The summed E-state index contributed by atoms with van der Waals surface area (Å²) >= 11 is 0. The molecule has 1 aromatic rings. The van der Waals surface area contributed by atoms with Gasteiger partial charge in [-0.05, 0) is 36.8 Å². The summed E-state index contributed by atoms with van der Waals surface area (Å²) in [6, 6.07) is 9.27. The molecule has 3 atom stereocenters. The Labute approximate surface area is 176 Å². The van der Waals surface area contributed by atoms with E-state index >= 15 is 0 Å². The minimum atomic E-state index is -0.432. The zero-order valence-electron chi connectivity index (χ0n) is 17.4. The molecule has 3 N–H and O–H groups in total. The fraction of sp³-hybridized carbons (Fsp3) is 0.591. The van der Waals surface area contributed by atoms with Gasteiger partial charge in [0.2, 0.25) is 17.7 Å². The molecule has 30 heavy (non-hydrogen) atoms. The SMILES string of the molecule is C[C@@]12C[C@@H]1N(C(=O)CNC(=O)CCCOc1ccccc1)[C@H](C(=O)NC1CNC1)C2. The summed E-state index contributed by atoms with van der Waals surface area (Å²) in [7, 11) is 0. The summed E-state index contributed by atoms with van der Waals surface area (Å²) in [4.78, 5) is 39.3. The van der Waals surface area contributed by atoms with Crippen LogP contribution in [0.1, 0.15) is 32.6 Å². The van der Waals surface area contributed by atoms with Crippen molar-refractivity contribution in [2.24, 2.45) is 5.41 Å². The van der Waals surface area contributed by atoms with Gasteiger partial charge in [0.25, 0.3) is 0 Å². The number of benzene rings is 1. The van der Waals surface area contributed by atoms with Crippen molar-refractivity contribution in [3.05, 3.63) is 30.3 Å². The summed E-state index contributed by atoms with van der Waals surface area (Å²) in [5.74, 6) is 0.338. The first-order chi connectivity index (χ1) is 14.5. The molecule has 3 fully saturated rings. The number of amides is 3. The molecule has 162 valence electrons. The van der Waals surface area contributed by atoms with Crippen LogP contribution in [0, 0.1) is 5.41 Å². The van der Waals surface area contributed by atoms with Crippen molar-refractivity contribution in [3.8, 4) is 5.75 Å². The van der Waals surface area contributed by atoms with Gasteiger partial charge in [0.15, 0.2) is 0 Å². The molecular weight excluding hydrogens is 384 g/mol. The number of hydrogen-bond donors (Lipinski definition) is 3. The maximum absolute atomic E-state index is 12.8. The molecule has 8 nitrogen and oxygen atoms in total. The lowest BCUT2D eigenvalue weighted by Gasteiger charge is -2.32. The van der Waals surface area contributed by atoms with Gasteiger partial charge in [0, 0.05) is 25.6 Å².